The Bertz CT molecular complexity index is 348. The molecule has 0 aromatic heterocycles. The van der Waals surface area contributed by atoms with Gasteiger partial charge in [-0.1, -0.05) is 29.3 Å². The van der Waals surface area contributed by atoms with Crippen LogP contribution in [0.25, 0.3) is 0 Å². The van der Waals surface area contributed by atoms with Crippen molar-refractivity contribution in [2.75, 3.05) is 7.11 Å². The summed E-state index contributed by atoms with van der Waals surface area (Å²) in [6.45, 7) is 1.69. The van der Waals surface area contributed by atoms with Crippen LogP contribution in [0.2, 0.25) is 10.0 Å². The van der Waals surface area contributed by atoms with E-state index in [1.807, 2.05) is 0 Å². The molecule has 1 rings (SSSR count). The van der Waals surface area contributed by atoms with Crippen LogP contribution in [-0.2, 0) is 4.74 Å². The van der Waals surface area contributed by atoms with Crippen molar-refractivity contribution in [3.8, 4) is 5.75 Å². The van der Waals surface area contributed by atoms with E-state index in [0.717, 1.165) is 0 Å². The zero-order chi connectivity index (χ0) is 11.4. The van der Waals surface area contributed by atoms with Gasteiger partial charge in [-0.05, 0) is 19.1 Å². The summed E-state index contributed by atoms with van der Waals surface area (Å²) < 4.78 is 10.2. The van der Waals surface area contributed by atoms with Crippen molar-refractivity contribution in [1.82, 2.24) is 0 Å². The zero-order valence-electron chi connectivity index (χ0n) is 8.38. The lowest BCUT2D eigenvalue weighted by Crippen LogP contribution is -2.24. The summed E-state index contributed by atoms with van der Waals surface area (Å²) in [5, 5.41) is 8.23. The van der Waals surface area contributed by atoms with Gasteiger partial charge in [-0.3, -0.25) is 5.41 Å². The Morgan fingerprint density at radius 1 is 1.33 bits per heavy atom. The van der Waals surface area contributed by atoms with Gasteiger partial charge in [-0.25, -0.2) is 0 Å². The Kier molecular flexibility index (Phi) is 4.24. The number of methoxy groups -OCH3 is 1. The van der Waals surface area contributed by atoms with Gasteiger partial charge in [0.1, 0.15) is 0 Å². The van der Waals surface area contributed by atoms with Gasteiger partial charge in [0.15, 0.2) is 11.9 Å². The quantitative estimate of drug-likeness (QED) is 0.658. The van der Waals surface area contributed by atoms with Crippen LogP contribution in [0, 0.1) is 5.41 Å². The molecular formula is C10H11Cl2NO2. The third-order valence-electron chi connectivity index (χ3n) is 1.80. The molecule has 0 bridgehead atoms. The maximum absolute atomic E-state index is 7.40. The minimum atomic E-state index is -0.521. The molecule has 0 aliphatic carbocycles. The number of hydrogen-bond donors (Lipinski definition) is 1. The van der Waals surface area contributed by atoms with E-state index >= 15 is 0 Å². The summed E-state index contributed by atoms with van der Waals surface area (Å²) in [7, 11) is 1.41. The van der Waals surface area contributed by atoms with Crippen molar-refractivity contribution in [3.05, 3.63) is 28.2 Å². The number of rotatable bonds is 3. The summed E-state index contributed by atoms with van der Waals surface area (Å²) in [4.78, 5) is 0. The molecule has 3 nitrogen and oxygen atoms in total. The molecule has 0 heterocycles. The highest BCUT2D eigenvalue weighted by atomic mass is 35.5. The first kappa shape index (κ1) is 12.1. The van der Waals surface area contributed by atoms with Gasteiger partial charge in [0.2, 0.25) is 5.90 Å². The van der Waals surface area contributed by atoms with Gasteiger partial charge in [0, 0.05) is 0 Å². The Balaban J connectivity index is 2.85. The number of benzene rings is 1. The predicted octanol–water partition coefficient (Wildman–Crippen LogP) is 3.38. The van der Waals surface area contributed by atoms with Crippen molar-refractivity contribution in [2.45, 2.75) is 13.0 Å². The average Bonchev–Trinajstić information content (AvgIpc) is 2.22. The molecular weight excluding hydrogens is 237 g/mol. The summed E-state index contributed by atoms with van der Waals surface area (Å²) in [5.74, 6) is 0.390. The summed E-state index contributed by atoms with van der Waals surface area (Å²) in [6.07, 6.45) is -0.521. The second kappa shape index (κ2) is 5.24. The third kappa shape index (κ3) is 3.01. The van der Waals surface area contributed by atoms with E-state index in [2.05, 4.69) is 0 Å². The predicted molar refractivity (Wildman–Crippen MR) is 61.3 cm³/mol. The van der Waals surface area contributed by atoms with Crippen LogP contribution < -0.4 is 4.74 Å². The van der Waals surface area contributed by atoms with Gasteiger partial charge in [-0.2, -0.15) is 0 Å². The van der Waals surface area contributed by atoms with Crippen LogP contribution in [0.4, 0.5) is 0 Å². The Morgan fingerprint density at radius 2 is 1.87 bits per heavy atom. The Morgan fingerprint density at radius 3 is 2.33 bits per heavy atom. The first-order valence-electron chi connectivity index (χ1n) is 4.29. The van der Waals surface area contributed by atoms with E-state index in [1.54, 1.807) is 25.1 Å². The van der Waals surface area contributed by atoms with Crippen LogP contribution in [0.1, 0.15) is 6.92 Å². The van der Waals surface area contributed by atoms with E-state index in [9.17, 15) is 0 Å². The Labute approximate surface area is 98.4 Å². The second-order valence-electron chi connectivity index (χ2n) is 2.88. The maximum atomic E-state index is 7.40. The van der Waals surface area contributed by atoms with E-state index in [4.69, 9.17) is 38.1 Å². The molecule has 0 fully saturated rings. The molecule has 82 valence electrons. The largest absolute Gasteiger partial charge is 0.482 e. The molecule has 0 unspecified atom stereocenters. The van der Waals surface area contributed by atoms with Crippen LogP contribution in [0.15, 0.2) is 18.2 Å². The fourth-order valence-corrected chi connectivity index (χ4v) is 1.48. The Hall–Kier alpha value is -0.930. The molecule has 5 heteroatoms. The van der Waals surface area contributed by atoms with E-state index in [-0.39, 0.29) is 5.90 Å². The van der Waals surface area contributed by atoms with Gasteiger partial charge >= 0.3 is 0 Å². The van der Waals surface area contributed by atoms with E-state index in [1.165, 1.54) is 7.11 Å². The van der Waals surface area contributed by atoms with Crippen molar-refractivity contribution >= 4 is 29.1 Å². The van der Waals surface area contributed by atoms with Gasteiger partial charge < -0.3 is 9.47 Å². The highest BCUT2D eigenvalue weighted by Gasteiger charge is 2.15. The summed E-state index contributed by atoms with van der Waals surface area (Å²) >= 11 is 11.8. The van der Waals surface area contributed by atoms with Gasteiger partial charge in [0.05, 0.1) is 17.2 Å². The standard InChI is InChI=1S/C10H11Cl2NO2/c1-6(10(13)14-2)15-9-7(11)4-3-5-8(9)12/h3-6,13H,1-2H3/t6-/m1/s1. The van der Waals surface area contributed by atoms with Gasteiger partial charge in [-0.15, -0.1) is 0 Å². The number of nitrogens with one attached hydrogen (secondary N) is 1. The molecule has 0 spiro atoms. The SMILES string of the molecule is COC(=N)[C@@H](C)Oc1c(Cl)cccc1Cl. The monoisotopic (exact) mass is 247 g/mol. The number of halogens is 2. The van der Waals surface area contributed by atoms with Crippen molar-refractivity contribution in [1.29, 1.82) is 5.41 Å². The second-order valence-corrected chi connectivity index (χ2v) is 3.69. The molecule has 1 aromatic carbocycles. The number of hydrogen-bond acceptors (Lipinski definition) is 3. The first-order valence-corrected chi connectivity index (χ1v) is 5.05. The fraction of sp³-hybridized carbons (Fsp3) is 0.300. The minimum absolute atomic E-state index is 0.0194. The molecule has 1 atom stereocenters. The smallest absolute Gasteiger partial charge is 0.222 e. The van der Waals surface area contributed by atoms with Crippen LogP contribution in [-0.4, -0.2) is 19.1 Å². The highest BCUT2D eigenvalue weighted by molar-refractivity contribution is 6.37. The molecule has 0 aliphatic rings. The van der Waals surface area contributed by atoms with Crippen molar-refractivity contribution in [2.24, 2.45) is 0 Å². The van der Waals surface area contributed by atoms with E-state index < -0.39 is 6.10 Å². The summed E-state index contributed by atoms with van der Waals surface area (Å²) in [5.41, 5.74) is 0. The molecule has 0 saturated carbocycles. The topological polar surface area (TPSA) is 42.3 Å². The molecule has 0 saturated heterocycles. The number of ether oxygens (including phenoxy) is 2. The molecule has 0 amide bonds. The van der Waals surface area contributed by atoms with E-state index in [0.29, 0.717) is 15.8 Å². The lowest BCUT2D eigenvalue weighted by molar-refractivity contribution is 0.240. The van der Waals surface area contributed by atoms with Crippen LogP contribution in [0.5, 0.6) is 5.75 Å². The molecule has 0 aliphatic heterocycles. The molecule has 1 aromatic rings. The number of para-hydroxylation sites is 1. The van der Waals surface area contributed by atoms with Crippen molar-refractivity contribution in [3.63, 3.8) is 0 Å². The molecule has 0 radical (unpaired) electrons. The maximum Gasteiger partial charge on any atom is 0.222 e. The molecule has 15 heavy (non-hydrogen) atoms. The van der Waals surface area contributed by atoms with Crippen LogP contribution >= 0.6 is 23.2 Å². The third-order valence-corrected chi connectivity index (χ3v) is 2.40. The zero-order valence-corrected chi connectivity index (χ0v) is 9.89. The van der Waals surface area contributed by atoms with Crippen molar-refractivity contribution < 1.29 is 9.47 Å². The first-order chi connectivity index (χ1) is 7.06. The lowest BCUT2D eigenvalue weighted by atomic mass is 10.3. The fourth-order valence-electron chi connectivity index (χ4n) is 0.991. The highest BCUT2D eigenvalue weighted by Crippen LogP contribution is 2.33. The average molecular weight is 248 g/mol. The molecule has 1 N–H and O–H groups in total. The lowest BCUT2D eigenvalue weighted by Gasteiger charge is -2.16. The summed E-state index contributed by atoms with van der Waals surface area (Å²) in [6, 6.07) is 5.07. The minimum Gasteiger partial charge on any atom is -0.482 e. The van der Waals surface area contributed by atoms with Gasteiger partial charge in [0.25, 0.3) is 0 Å². The normalized spacial score (nSPS) is 12.0. The van der Waals surface area contributed by atoms with Crippen LogP contribution in [0.3, 0.4) is 0 Å².